The molecular formula is C8H14. The predicted molar refractivity (Wildman–Crippen MR) is 34.7 cm³/mol. The normalized spacial score (nSPS) is 52.9. The Hall–Kier alpha value is 0. The zero-order valence-electron chi connectivity index (χ0n) is 5.61. The second kappa shape index (κ2) is 1.29. The third-order valence-electron chi connectivity index (χ3n) is 3.35. The minimum Gasteiger partial charge on any atom is -0.0594 e. The fourth-order valence-electron chi connectivity index (χ4n) is 2.42. The van der Waals surface area contributed by atoms with Crippen molar-refractivity contribution in [1.29, 1.82) is 0 Å². The summed E-state index contributed by atoms with van der Waals surface area (Å²) in [5, 5.41) is 0. The maximum atomic E-state index is 2.47. The summed E-state index contributed by atoms with van der Waals surface area (Å²) < 4.78 is 0. The zero-order valence-corrected chi connectivity index (χ0v) is 5.61. The van der Waals surface area contributed by atoms with E-state index in [0.29, 0.717) is 0 Å². The van der Waals surface area contributed by atoms with Gasteiger partial charge < -0.3 is 0 Å². The minimum atomic E-state index is 0.833. The number of fused-ring (bicyclic) bond motifs is 1. The summed E-state index contributed by atoms with van der Waals surface area (Å²) in [6.07, 6.45) is 7.64. The first kappa shape index (κ1) is 4.84. The van der Waals surface area contributed by atoms with Crippen molar-refractivity contribution in [3.63, 3.8) is 0 Å². The van der Waals surface area contributed by atoms with Crippen molar-refractivity contribution in [2.45, 2.75) is 39.0 Å². The first-order chi connectivity index (χ1) is 3.81. The maximum Gasteiger partial charge on any atom is -0.0297 e. The highest BCUT2D eigenvalue weighted by atomic mass is 14.5. The van der Waals surface area contributed by atoms with Gasteiger partial charge in [-0.15, -0.1) is 0 Å². The molecule has 8 heavy (non-hydrogen) atoms. The van der Waals surface area contributed by atoms with E-state index >= 15 is 0 Å². The first-order valence-electron chi connectivity index (χ1n) is 3.81. The summed E-state index contributed by atoms with van der Waals surface area (Å²) in [5.41, 5.74) is 0.833. The number of hydrogen-bond donors (Lipinski definition) is 0. The third kappa shape index (κ3) is 0.416. The Kier molecular flexibility index (Phi) is 0.778. The van der Waals surface area contributed by atoms with Crippen molar-refractivity contribution in [1.82, 2.24) is 0 Å². The highest BCUT2D eigenvalue weighted by molar-refractivity contribution is 4.96. The van der Waals surface area contributed by atoms with E-state index in [1.165, 1.54) is 32.1 Å². The molecule has 2 saturated carbocycles. The van der Waals surface area contributed by atoms with Crippen LogP contribution in [0.3, 0.4) is 0 Å². The van der Waals surface area contributed by atoms with Gasteiger partial charge in [0.1, 0.15) is 0 Å². The summed E-state index contributed by atoms with van der Waals surface area (Å²) in [5.74, 6) is 1.14. The monoisotopic (exact) mass is 110 g/mol. The van der Waals surface area contributed by atoms with Gasteiger partial charge in [0.25, 0.3) is 0 Å². The van der Waals surface area contributed by atoms with Crippen molar-refractivity contribution in [2.75, 3.05) is 0 Å². The molecule has 2 atom stereocenters. The van der Waals surface area contributed by atoms with Gasteiger partial charge in [-0.25, -0.2) is 0 Å². The molecular weight excluding hydrogens is 96.1 g/mol. The minimum absolute atomic E-state index is 0.833. The van der Waals surface area contributed by atoms with Crippen LogP contribution in [-0.4, -0.2) is 0 Å². The molecule has 0 radical (unpaired) electrons. The van der Waals surface area contributed by atoms with Crippen molar-refractivity contribution < 1.29 is 0 Å². The standard InChI is InChI=1S/C8H14/c1-8-5-2-3-7(8)4-6-8/h7H,2-6H2,1H3/t7-,8?/m0/s1. The SMILES string of the molecule is CC12CCC[C@H]1CC2. The van der Waals surface area contributed by atoms with Crippen LogP contribution in [0.15, 0.2) is 0 Å². The lowest BCUT2D eigenvalue weighted by Crippen LogP contribution is -2.31. The molecule has 0 bridgehead atoms. The van der Waals surface area contributed by atoms with Gasteiger partial charge in [0.2, 0.25) is 0 Å². The fraction of sp³-hybridized carbons (Fsp3) is 1.00. The zero-order chi connectivity index (χ0) is 5.61. The topological polar surface area (TPSA) is 0 Å². The summed E-state index contributed by atoms with van der Waals surface area (Å²) in [6, 6.07) is 0. The second-order valence-corrected chi connectivity index (χ2v) is 3.78. The smallest absolute Gasteiger partial charge is 0.0297 e. The van der Waals surface area contributed by atoms with E-state index < -0.39 is 0 Å². The van der Waals surface area contributed by atoms with Gasteiger partial charge >= 0.3 is 0 Å². The molecule has 0 saturated heterocycles. The van der Waals surface area contributed by atoms with Gasteiger partial charge in [0, 0.05) is 0 Å². The van der Waals surface area contributed by atoms with E-state index in [2.05, 4.69) is 6.92 Å². The Morgan fingerprint density at radius 1 is 1.25 bits per heavy atom. The highest BCUT2D eigenvalue weighted by Gasteiger charge is 2.45. The van der Waals surface area contributed by atoms with Crippen molar-refractivity contribution >= 4 is 0 Å². The van der Waals surface area contributed by atoms with Gasteiger partial charge in [-0.1, -0.05) is 13.3 Å². The maximum absolute atomic E-state index is 2.47. The van der Waals surface area contributed by atoms with Crippen LogP contribution in [0.4, 0.5) is 0 Å². The Balaban J connectivity index is 2.14. The molecule has 46 valence electrons. The highest BCUT2D eigenvalue weighted by Crippen LogP contribution is 2.56. The molecule has 0 aromatic rings. The van der Waals surface area contributed by atoms with Crippen LogP contribution in [0.5, 0.6) is 0 Å². The summed E-state index contributed by atoms with van der Waals surface area (Å²) in [4.78, 5) is 0. The van der Waals surface area contributed by atoms with E-state index in [4.69, 9.17) is 0 Å². The average molecular weight is 110 g/mol. The molecule has 0 aromatic carbocycles. The molecule has 0 N–H and O–H groups in total. The Morgan fingerprint density at radius 2 is 2.12 bits per heavy atom. The fourth-order valence-corrected chi connectivity index (χ4v) is 2.42. The Labute approximate surface area is 51.3 Å². The molecule has 0 aromatic heterocycles. The lowest BCUT2D eigenvalue weighted by atomic mass is 9.64. The van der Waals surface area contributed by atoms with Crippen molar-refractivity contribution in [3.8, 4) is 0 Å². The quantitative estimate of drug-likeness (QED) is 0.449. The van der Waals surface area contributed by atoms with Crippen LogP contribution in [0.25, 0.3) is 0 Å². The molecule has 1 unspecified atom stereocenters. The molecule has 2 fully saturated rings. The van der Waals surface area contributed by atoms with E-state index in [1.807, 2.05) is 0 Å². The van der Waals surface area contributed by atoms with E-state index in [1.54, 1.807) is 0 Å². The lowest BCUT2D eigenvalue weighted by Gasteiger charge is -2.42. The summed E-state index contributed by atoms with van der Waals surface area (Å²) >= 11 is 0. The van der Waals surface area contributed by atoms with Gasteiger partial charge in [0.15, 0.2) is 0 Å². The molecule has 0 heteroatoms. The van der Waals surface area contributed by atoms with Gasteiger partial charge in [-0.05, 0) is 37.0 Å². The molecule has 2 aliphatic rings. The lowest BCUT2D eigenvalue weighted by molar-refractivity contribution is 0.0882. The summed E-state index contributed by atoms with van der Waals surface area (Å²) in [6.45, 7) is 2.47. The van der Waals surface area contributed by atoms with Crippen LogP contribution in [0.1, 0.15) is 39.0 Å². The number of hydrogen-bond acceptors (Lipinski definition) is 0. The van der Waals surface area contributed by atoms with Crippen LogP contribution in [-0.2, 0) is 0 Å². The number of rotatable bonds is 0. The van der Waals surface area contributed by atoms with E-state index in [-0.39, 0.29) is 0 Å². The van der Waals surface area contributed by atoms with E-state index in [0.717, 1.165) is 11.3 Å². The largest absolute Gasteiger partial charge is 0.0594 e. The molecule has 0 nitrogen and oxygen atoms in total. The third-order valence-corrected chi connectivity index (χ3v) is 3.35. The average Bonchev–Trinajstić information content (AvgIpc) is 1.94. The predicted octanol–water partition coefficient (Wildman–Crippen LogP) is 2.59. The molecule has 2 aliphatic carbocycles. The van der Waals surface area contributed by atoms with E-state index in [9.17, 15) is 0 Å². The van der Waals surface area contributed by atoms with Crippen LogP contribution < -0.4 is 0 Å². The second-order valence-electron chi connectivity index (χ2n) is 3.78. The van der Waals surface area contributed by atoms with Gasteiger partial charge in [-0.2, -0.15) is 0 Å². The molecule has 2 rings (SSSR count). The Morgan fingerprint density at radius 3 is 2.38 bits per heavy atom. The summed E-state index contributed by atoms with van der Waals surface area (Å²) in [7, 11) is 0. The van der Waals surface area contributed by atoms with Crippen LogP contribution in [0, 0.1) is 11.3 Å². The molecule has 0 heterocycles. The van der Waals surface area contributed by atoms with Crippen molar-refractivity contribution in [3.05, 3.63) is 0 Å². The van der Waals surface area contributed by atoms with Crippen LogP contribution in [0.2, 0.25) is 0 Å². The van der Waals surface area contributed by atoms with Crippen molar-refractivity contribution in [2.24, 2.45) is 11.3 Å². The molecule has 0 spiro atoms. The molecule has 0 amide bonds. The van der Waals surface area contributed by atoms with Crippen LogP contribution >= 0.6 is 0 Å². The first-order valence-corrected chi connectivity index (χ1v) is 3.81. The Bertz CT molecular complexity index is 107. The van der Waals surface area contributed by atoms with Gasteiger partial charge in [0.05, 0.1) is 0 Å². The van der Waals surface area contributed by atoms with Gasteiger partial charge in [-0.3, -0.25) is 0 Å². The molecule has 0 aliphatic heterocycles.